The van der Waals surface area contributed by atoms with E-state index in [1.54, 1.807) is 0 Å². The molecule has 3 rings (SSSR count). The Hall–Kier alpha value is -1.74. The van der Waals surface area contributed by atoms with E-state index in [0.717, 1.165) is 36.2 Å². The summed E-state index contributed by atoms with van der Waals surface area (Å²) in [7, 11) is 0. The van der Waals surface area contributed by atoms with Crippen molar-refractivity contribution in [2.75, 3.05) is 0 Å². The Kier molecular flexibility index (Phi) is 3.96. The summed E-state index contributed by atoms with van der Waals surface area (Å²) in [6.07, 6.45) is 5.33. The highest BCUT2D eigenvalue weighted by molar-refractivity contribution is 6.01. The molecule has 1 aliphatic rings. The summed E-state index contributed by atoms with van der Waals surface area (Å²) in [6.45, 7) is 0.989. The molecule has 19 heavy (non-hydrogen) atoms. The SMILES string of the molecule is Cl.NC(=O)c1c(-c2ccccc2)cn2c1CCCC2. The van der Waals surface area contributed by atoms with Crippen molar-refractivity contribution in [2.45, 2.75) is 25.8 Å². The zero-order chi connectivity index (χ0) is 12.5. The number of aryl methyl sites for hydroxylation is 1. The number of rotatable bonds is 2. The minimum Gasteiger partial charge on any atom is -0.366 e. The second-order valence-electron chi connectivity index (χ2n) is 4.75. The molecule has 1 aromatic carbocycles. The van der Waals surface area contributed by atoms with Crippen molar-refractivity contribution >= 4 is 18.3 Å². The highest BCUT2D eigenvalue weighted by Crippen LogP contribution is 2.31. The minimum atomic E-state index is -0.315. The quantitative estimate of drug-likeness (QED) is 0.900. The van der Waals surface area contributed by atoms with Gasteiger partial charge in [0.05, 0.1) is 5.56 Å². The van der Waals surface area contributed by atoms with E-state index in [4.69, 9.17) is 5.73 Å². The Labute approximate surface area is 118 Å². The fourth-order valence-corrected chi connectivity index (χ4v) is 2.75. The summed E-state index contributed by atoms with van der Waals surface area (Å²) < 4.78 is 2.19. The Morgan fingerprint density at radius 1 is 1.16 bits per heavy atom. The standard InChI is InChI=1S/C15H16N2O.ClH/c16-15(18)14-12(11-6-2-1-3-7-11)10-17-9-5-4-8-13(14)17;/h1-3,6-7,10H,4-5,8-9H2,(H2,16,18);1H. The van der Waals surface area contributed by atoms with Crippen molar-refractivity contribution in [2.24, 2.45) is 5.73 Å². The Morgan fingerprint density at radius 2 is 1.89 bits per heavy atom. The second kappa shape index (κ2) is 5.49. The van der Waals surface area contributed by atoms with Crippen molar-refractivity contribution in [1.29, 1.82) is 0 Å². The van der Waals surface area contributed by atoms with Crippen LogP contribution >= 0.6 is 12.4 Å². The van der Waals surface area contributed by atoms with Crippen molar-refractivity contribution in [1.82, 2.24) is 4.57 Å². The number of aromatic nitrogens is 1. The molecule has 2 aromatic rings. The summed E-state index contributed by atoms with van der Waals surface area (Å²) in [4.78, 5) is 11.7. The van der Waals surface area contributed by atoms with Gasteiger partial charge in [-0.2, -0.15) is 0 Å². The molecule has 0 saturated carbocycles. The van der Waals surface area contributed by atoms with Crippen LogP contribution < -0.4 is 5.73 Å². The van der Waals surface area contributed by atoms with Crippen molar-refractivity contribution < 1.29 is 4.79 Å². The van der Waals surface area contributed by atoms with E-state index in [1.807, 2.05) is 30.3 Å². The lowest BCUT2D eigenvalue weighted by Crippen LogP contribution is -2.17. The second-order valence-corrected chi connectivity index (χ2v) is 4.75. The summed E-state index contributed by atoms with van der Waals surface area (Å²) in [5.41, 5.74) is 9.42. The van der Waals surface area contributed by atoms with Crippen LogP contribution in [0.25, 0.3) is 11.1 Å². The fraction of sp³-hybridized carbons (Fsp3) is 0.267. The Morgan fingerprint density at radius 3 is 2.58 bits per heavy atom. The Bertz CT molecular complexity index is 590. The normalized spacial score (nSPS) is 13.5. The van der Waals surface area contributed by atoms with Gasteiger partial charge in [0.2, 0.25) is 0 Å². The molecular weight excluding hydrogens is 260 g/mol. The van der Waals surface area contributed by atoms with Gasteiger partial charge in [-0.05, 0) is 24.8 Å². The molecule has 1 aliphatic heterocycles. The van der Waals surface area contributed by atoms with E-state index in [9.17, 15) is 4.79 Å². The highest BCUT2D eigenvalue weighted by atomic mass is 35.5. The molecule has 0 aliphatic carbocycles. The number of fused-ring (bicyclic) bond motifs is 1. The van der Waals surface area contributed by atoms with Gasteiger partial charge < -0.3 is 10.3 Å². The number of benzene rings is 1. The predicted molar refractivity (Wildman–Crippen MR) is 78.6 cm³/mol. The number of carbonyl (C=O) groups is 1. The lowest BCUT2D eigenvalue weighted by atomic mass is 10.00. The van der Waals surface area contributed by atoms with Crippen LogP contribution in [-0.4, -0.2) is 10.5 Å². The number of nitrogens with two attached hydrogens (primary N) is 1. The average molecular weight is 277 g/mol. The van der Waals surface area contributed by atoms with E-state index in [2.05, 4.69) is 10.8 Å². The summed E-state index contributed by atoms with van der Waals surface area (Å²) in [5.74, 6) is -0.315. The van der Waals surface area contributed by atoms with Crippen LogP contribution in [0.2, 0.25) is 0 Å². The Balaban J connectivity index is 0.00000133. The van der Waals surface area contributed by atoms with Gasteiger partial charge >= 0.3 is 0 Å². The van der Waals surface area contributed by atoms with E-state index in [-0.39, 0.29) is 18.3 Å². The van der Waals surface area contributed by atoms with Gasteiger partial charge in [0.25, 0.3) is 5.91 Å². The molecule has 1 aromatic heterocycles. The molecule has 3 nitrogen and oxygen atoms in total. The third-order valence-electron chi connectivity index (χ3n) is 3.58. The lowest BCUT2D eigenvalue weighted by molar-refractivity contribution is 0.0999. The number of amides is 1. The van der Waals surface area contributed by atoms with Gasteiger partial charge in [-0.25, -0.2) is 0 Å². The number of hydrogen-bond donors (Lipinski definition) is 1. The molecular formula is C15H17ClN2O. The maximum Gasteiger partial charge on any atom is 0.251 e. The number of primary amides is 1. The largest absolute Gasteiger partial charge is 0.366 e. The molecule has 0 radical (unpaired) electrons. The molecule has 100 valence electrons. The molecule has 0 atom stereocenters. The van der Waals surface area contributed by atoms with E-state index in [0.29, 0.717) is 5.56 Å². The van der Waals surface area contributed by atoms with Gasteiger partial charge in [0, 0.05) is 24.0 Å². The molecule has 2 heterocycles. The lowest BCUT2D eigenvalue weighted by Gasteiger charge is -2.15. The van der Waals surface area contributed by atoms with Crippen LogP contribution in [-0.2, 0) is 13.0 Å². The number of halogens is 1. The molecule has 0 bridgehead atoms. The van der Waals surface area contributed by atoms with Gasteiger partial charge in [0.1, 0.15) is 0 Å². The zero-order valence-corrected chi connectivity index (χ0v) is 11.5. The van der Waals surface area contributed by atoms with E-state index < -0.39 is 0 Å². The minimum absolute atomic E-state index is 0. The first kappa shape index (κ1) is 13.7. The van der Waals surface area contributed by atoms with E-state index >= 15 is 0 Å². The fourth-order valence-electron chi connectivity index (χ4n) is 2.75. The van der Waals surface area contributed by atoms with Crippen LogP contribution in [0.3, 0.4) is 0 Å². The van der Waals surface area contributed by atoms with Gasteiger partial charge in [-0.3, -0.25) is 4.79 Å². The number of carbonyl (C=O) groups excluding carboxylic acids is 1. The summed E-state index contributed by atoms with van der Waals surface area (Å²) >= 11 is 0. The first-order valence-corrected chi connectivity index (χ1v) is 6.34. The maximum absolute atomic E-state index is 11.7. The van der Waals surface area contributed by atoms with Gasteiger partial charge in [-0.15, -0.1) is 12.4 Å². The van der Waals surface area contributed by atoms with Crippen LogP contribution in [0.15, 0.2) is 36.5 Å². The predicted octanol–water partition coefficient (Wildman–Crippen LogP) is 3.01. The molecule has 0 saturated heterocycles. The van der Waals surface area contributed by atoms with Crippen molar-refractivity contribution in [3.05, 3.63) is 47.8 Å². The molecule has 2 N–H and O–H groups in total. The third-order valence-corrected chi connectivity index (χ3v) is 3.58. The maximum atomic E-state index is 11.7. The van der Waals surface area contributed by atoms with Crippen LogP contribution in [0.1, 0.15) is 28.9 Å². The summed E-state index contributed by atoms with van der Waals surface area (Å²) in [5, 5.41) is 0. The molecule has 0 fully saturated rings. The highest BCUT2D eigenvalue weighted by Gasteiger charge is 2.22. The van der Waals surface area contributed by atoms with Crippen molar-refractivity contribution in [3.63, 3.8) is 0 Å². The average Bonchev–Trinajstić information content (AvgIpc) is 2.79. The van der Waals surface area contributed by atoms with E-state index in [1.165, 1.54) is 6.42 Å². The summed E-state index contributed by atoms with van der Waals surface area (Å²) in [6, 6.07) is 9.98. The molecule has 0 unspecified atom stereocenters. The van der Waals surface area contributed by atoms with Gasteiger partial charge in [-0.1, -0.05) is 30.3 Å². The monoisotopic (exact) mass is 276 g/mol. The molecule has 1 amide bonds. The van der Waals surface area contributed by atoms with Crippen LogP contribution in [0, 0.1) is 0 Å². The third kappa shape index (κ3) is 2.38. The zero-order valence-electron chi connectivity index (χ0n) is 10.6. The number of nitrogens with zero attached hydrogens (tertiary/aromatic N) is 1. The first-order chi connectivity index (χ1) is 8.77. The smallest absolute Gasteiger partial charge is 0.251 e. The van der Waals surface area contributed by atoms with Crippen LogP contribution in [0.5, 0.6) is 0 Å². The van der Waals surface area contributed by atoms with Crippen molar-refractivity contribution in [3.8, 4) is 11.1 Å². The first-order valence-electron chi connectivity index (χ1n) is 6.34. The topological polar surface area (TPSA) is 48.0 Å². The van der Waals surface area contributed by atoms with Crippen LogP contribution in [0.4, 0.5) is 0 Å². The number of hydrogen-bond acceptors (Lipinski definition) is 1. The van der Waals surface area contributed by atoms with Gasteiger partial charge in [0.15, 0.2) is 0 Å². The molecule has 4 heteroatoms. The molecule has 0 spiro atoms.